The average molecular weight is 606 g/mol. The third kappa shape index (κ3) is 3.29. The number of halogens is 13. The minimum absolute atomic E-state index is 0.691. The Kier molecular flexibility index (Phi) is 5.94. The Balaban J connectivity index is 1.73. The van der Waals surface area contributed by atoms with Crippen LogP contribution in [0.5, 0.6) is 5.75 Å². The lowest BCUT2D eigenvalue weighted by molar-refractivity contribution is 0.401. The van der Waals surface area contributed by atoms with Gasteiger partial charge >= 0.3 is 7.12 Å². The van der Waals surface area contributed by atoms with Crippen LogP contribution >= 0.6 is 0 Å². The Hall–Kier alpha value is -4.47. The van der Waals surface area contributed by atoms with Gasteiger partial charge in [0.1, 0.15) is 0 Å². The summed E-state index contributed by atoms with van der Waals surface area (Å²) in [6, 6.07) is 2.25. The van der Waals surface area contributed by atoms with E-state index >= 15 is 17.6 Å². The van der Waals surface area contributed by atoms with Gasteiger partial charge in [-0.3, -0.25) is 0 Å². The topological polar surface area (TPSA) is 29.5 Å². The van der Waals surface area contributed by atoms with Gasteiger partial charge < -0.3 is 9.68 Å². The Bertz CT molecular complexity index is 2160. The number of hydrogen-bond acceptors (Lipinski definition) is 2. The molecular weight excluding hydrogens is 602 g/mol. The van der Waals surface area contributed by atoms with E-state index in [1.165, 1.54) is 0 Å². The van der Waals surface area contributed by atoms with E-state index in [4.69, 9.17) is 4.65 Å². The third-order valence-corrected chi connectivity index (χ3v) is 6.80. The van der Waals surface area contributed by atoms with Crippen LogP contribution in [0.25, 0.3) is 43.1 Å². The number of rotatable bonds is 3. The smallest absolute Gasteiger partial charge is 0.530 e. The fourth-order valence-electron chi connectivity index (χ4n) is 5.00. The number of fused-ring (bicyclic) bond motifs is 1. The molecule has 0 aliphatic carbocycles. The SMILES string of the molecule is OB(Oc1c(F)c(F)c2c(F)c(F)c3c(F)c(F)c(F)c4c(F)c(F)c1c2c34)c1cccc2c(F)c(F)c(F)c(F)c12. The van der Waals surface area contributed by atoms with E-state index in [-0.39, 0.29) is 0 Å². The predicted octanol–water partition coefficient (Wildman–Crippen LogP) is 7.31. The van der Waals surface area contributed by atoms with Crippen LogP contribution in [0.2, 0.25) is 0 Å². The van der Waals surface area contributed by atoms with Gasteiger partial charge in [-0.1, -0.05) is 18.2 Å². The number of hydrogen-bond donors (Lipinski definition) is 1. The highest BCUT2D eigenvalue weighted by molar-refractivity contribution is 6.64. The molecule has 6 aromatic rings. The second-order valence-corrected chi connectivity index (χ2v) is 8.90. The van der Waals surface area contributed by atoms with Gasteiger partial charge in [0, 0.05) is 27.0 Å². The quantitative estimate of drug-likeness (QED) is 0.0754. The second-order valence-electron chi connectivity index (χ2n) is 8.90. The van der Waals surface area contributed by atoms with Crippen molar-refractivity contribution in [1.82, 2.24) is 0 Å². The Morgan fingerprint density at radius 3 is 1.33 bits per heavy atom. The first-order valence-corrected chi connectivity index (χ1v) is 11.2. The average Bonchev–Trinajstić information content (AvgIpc) is 2.96. The summed E-state index contributed by atoms with van der Waals surface area (Å²) in [7, 11) is -2.87. The van der Waals surface area contributed by atoms with Gasteiger partial charge in [0.2, 0.25) is 0 Å². The molecule has 0 aliphatic heterocycles. The van der Waals surface area contributed by atoms with Gasteiger partial charge in [-0.25, -0.2) is 52.7 Å². The molecule has 0 atom stereocenters. The lowest BCUT2D eigenvalue weighted by Gasteiger charge is -2.21. The minimum Gasteiger partial charge on any atom is -0.530 e. The molecule has 6 aromatic carbocycles. The van der Waals surface area contributed by atoms with Crippen LogP contribution in [0, 0.1) is 75.6 Å². The maximum Gasteiger partial charge on any atom is 0.560 e. The summed E-state index contributed by atoms with van der Waals surface area (Å²) in [5.74, 6) is -32.6. The fraction of sp³-hybridized carbons (Fsp3) is 0. The predicted molar refractivity (Wildman–Crippen MR) is 122 cm³/mol. The molecule has 0 amide bonds. The summed E-state index contributed by atoms with van der Waals surface area (Å²) < 4.78 is 195. The van der Waals surface area contributed by atoms with Crippen molar-refractivity contribution in [2.75, 3.05) is 0 Å². The monoisotopic (exact) mass is 606 g/mol. The van der Waals surface area contributed by atoms with Crippen LogP contribution in [0.3, 0.4) is 0 Å². The van der Waals surface area contributed by atoms with E-state index in [2.05, 4.69) is 0 Å². The van der Waals surface area contributed by atoms with Gasteiger partial charge in [0.15, 0.2) is 81.4 Å². The maximum absolute atomic E-state index is 15.4. The zero-order chi connectivity index (χ0) is 30.7. The van der Waals surface area contributed by atoms with Crippen molar-refractivity contribution in [1.29, 1.82) is 0 Å². The first kappa shape index (κ1) is 27.7. The van der Waals surface area contributed by atoms with Gasteiger partial charge in [0.05, 0.1) is 21.5 Å². The molecule has 1 N–H and O–H groups in total. The largest absolute Gasteiger partial charge is 0.560 e. The van der Waals surface area contributed by atoms with Crippen LogP contribution in [-0.2, 0) is 0 Å². The lowest BCUT2D eigenvalue weighted by atomic mass is 9.76. The Morgan fingerprint density at radius 2 is 0.786 bits per heavy atom. The first-order chi connectivity index (χ1) is 19.7. The van der Waals surface area contributed by atoms with E-state index in [9.17, 15) is 44.5 Å². The van der Waals surface area contributed by atoms with Crippen molar-refractivity contribution < 1.29 is 66.8 Å². The van der Waals surface area contributed by atoms with Crippen molar-refractivity contribution in [2.24, 2.45) is 0 Å². The standard InChI is InChI=1S/C26H4BF13O2/c28-13-4-2-1-3-5(6(4)14(29)24(39)22(13)37)27(41)42-26-12-8-7-9(15(30)16(31)11(8)20(35)25(26)40)18(33)23(38)19(34)10(7)17(32)21(12)36/h1-3,41H. The van der Waals surface area contributed by atoms with E-state index in [0.29, 0.717) is 6.07 Å². The molecule has 0 saturated heterocycles. The highest BCUT2D eigenvalue weighted by Crippen LogP contribution is 2.48. The summed E-state index contributed by atoms with van der Waals surface area (Å²) in [5.41, 5.74) is -1.01. The molecule has 0 unspecified atom stereocenters. The fourth-order valence-corrected chi connectivity index (χ4v) is 5.00. The van der Waals surface area contributed by atoms with E-state index in [0.717, 1.165) is 12.1 Å². The summed E-state index contributed by atoms with van der Waals surface area (Å²) in [6.07, 6.45) is 0. The molecular formula is C26H4BF13O2. The first-order valence-electron chi connectivity index (χ1n) is 11.2. The lowest BCUT2D eigenvalue weighted by Crippen LogP contribution is -2.38. The molecule has 0 radical (unpaired) electrons. The van der Waals surface area contributed by atoms with E-state index < -0.39 is 137 Å². The molecule has 0 bridgehead atoms. The molecule has 0 aliphatic rings. The van der Waals surface area contributed by atoms with Crippen LogP contribution in [-0.4, -0.2) is 12.1 Å². The molecule has 6 rings (SSSR count). The van der Waals surface area contributed by atoms with Crippen LogP contribution in [0.4, 0.5) is 57.1 Å². The van der Waals surface area contributed by atoms with Crippen molar-refractivity contribution >= 4 is 55.7 Å². The molecule has 214 valence electrons. The van der Waals surface area contributed by atoms with Crippen molar-refractivity contribution in [3.8, 4) is 5.75 Å². The molecule has 0 saturated carbocycles. The molecule has 0 aromatic heterocycles. The molecule has 16 heteroatoms. The Labute approximate surface area is 222 Å². The van der Waals surface area contributed by atoms with Gasteiger partial charge in [-0.05, 0) is 0 Å². The van der Waals surface area contributed by atoms with Crippen molar-refractivity contribution in [2.45, 2.75) is 0 Å². The minimum atomic E-state index is -2.87. The van der Waals surface area contributed by atoms with E-state index in [1.54, 1.807) is 0 Å². The van der Waals surface area contributed by atoms with Crippen molar-refractivity contribution in [3.05, 3.63) is 93.8 Å². The number of benzene rings is 6. The molecule has 2 nitrogen and oxygen atoms in total. The Morgan fingerprint density at radius 1 is 0.405 bits per heavy atom. The molecule has 0 heterocycles. The molecule has 42 heavy (non-hydrogen) atoms. The van der Waals surface area contributed by atoms with Crippen LogP contribution in [0.15, 0.2) is 18.2 Å². The summed E-state index contributed by atoms with van der Waals surface area (Å²) in [5, 5.41) is -1.67. The van der Waals surface area contributed by atoms with Gasteiger partial charge in [-0.15, -0.1) is 0 Å². The zero-order valence-electron chi connectivity index (χ0n) is 19.6. The highest BCUT2D eigenvalue weighted by atomic mass is 19.2. The van der Waals surface area contributed by atoms with Gasteiger partial charge in [0.25, 0.3) is 0 Å². The van der Waals surface area contributed by atoms with E-state index in [1.807, 2.05) is 0 Å². The normalized spacial score (nSPS) is 12.0. The highest BCUT2D eigenvalue weighted by Gasteiger charge is 2.37. The van der Waals surface area contributed by atoms with Crippen LogP contribution in [0.1, 0.15) is 0 Å². The summed E-state index contributed by atoms with van der Waals surface area (Å²) in [4.78, 5) is 0. The maximum atomic E-state index is 15.4. The molecule has 0 fully saturated rings. The second kappa shape index (κ2) is 9.02. The van der Waals surface area contributed by atoms with Crippen LogP contribution < -0.4 is 10.1 Å². The summed E-state index contributed by atoms with van der Waals surface area (Å²) in [6.45, 7) is 0. The zero-order valence-corrected chi connectivity index (χ0v) is 19.6. The molecule has 0 spiro atoms. The third-order valence-electron chi connectivity index (χ3n) is 6.80. The summed E-state index contributed by atoms with van der Waals surface area (Å²) >= 11 is 0. The van der Waals surface area contributed by atoms with Crippen molar-refractivity contribution in [3.63, 3.8) is 0 Å². The van der Waals surface area contributed by atoms with Gasteiger partial charge in [-0.2, -0.15) is 4.39 Å².